The fraction of sp³-hybridized carbons (Fsp3) is 0.143. The zero-order valence-corrected chi connectivity index (χ0v) is 10.6. The fourth-order valence-corrected chi connectivity index (χ4v) is 2.88. The minimum Gasteiger partial charge on any atom is -0.258 e. The molecule has 0 radical (unpaired) electrons. The molecule has 82 valence electrons. The quantitative estimate of drug-likeness (QED) is 0.477. The van der Waals surface area contributed by atoms with Gasteiger partial charge in [0.15, 0.2) is 0 Å². The Morgan fingerprint density at radius 2 is 2.00 bits per heavy atom. The van der Waals surface area contributed by atoms with Gasteiger partial charge in [-0.1, -0.05) is 0 Å². The first-order valence-electron chi connectivity index (χ1n) is 3.63. The molecule has 1 rings (SSSR count). The maximum atomic E-state index is 11.1. The van der Waals surface area contributed by atoms with Crippen molar-refractivity contribution in [3.8, 4) is 0 Å². The second kappa shape index (κ2) is 4.07. The van der Waals surface area contributed by atoms with Crippen LogP contribution in [0.3, 0.4) is 0 Å². The average molecular weight is 315 g/mol. The lowest BCUT2D eigenvalue weighted by Gasteiger charge is -2.04. The first kappa shape index (κ1) is 12.4. The van der Waals surface area contributed by atoms with Crippen molar-refractivity contribution in [2.45, 2.75) is 11.8 Å². The van der Waals surface area contributed by atoms with Crippen LogP contribution in [-0.2, 0) is 9.05 Å². The van der Waals surface area contributed by atoms with Crippen LogP contribution in [0, 0.1) is 17.0 Å². The van der Waals surface area contributed by atoms with Crippen LogP contribution in [0.25, 0.3) is 0 Å². The van der Waals surface area contributed by atoms with E-state index in [-0.39, 0.29) is 20.6 Å². The molecule has 0 saturated carbocycles. The van der Waals surface area contributed by atoms with Gasteiger partial charge in [-0.25, -0.2) is 8.42 Å². The number of rotatable bonds is 2. The van der Waals surface area contributed by atoms with Crippen LogP contribution in [0.15, 0.2) is 21.5 Å². The number of benzene rings is 1. The van der Waals surface area contributed by atoms with Crippen LogP contribution in [0.2, 0.25) is 0 Å². The minimum atomic E-state index is -3.88. The van der Waals surface area contributed by atoms with E-state index < -0.39 is 14.0 Å². The van der Waals surface area contributed by atoms with Crippen LogP contribution >= 0.6 is 26.6 Å². The highest BCUT2D eigenvalue weighted by Crippen LogP contribution is 2.33. The van der Waals surface area contributed by atoms with Gasteiger partial charge in [0.1, 0.15) is 0 Å². The molecule has 0 heterocycles. The Balaban J connectivity index is 3.55. The fourth-order valence-electron chi connectivity index (χ4n) is 1.06. The van der Waals surface area contributed by atoms with Crippen molar-refractivity contribution >= 4 is 41.4 Å². The third kappa shape index (κ3) is 2.47. The zero-order valence-electron chi connectivity index (χ0n) is 7.40. The number of nitrogens with zero attached hydrogens (tertiary/aromatic N) is 1. The highest BCUT2D eigenvalue weighted by Gasteiger charge is 2.21. The van der Waals surface area contributed by atoms with E-state index in [9.17, 15) is 18.5 Å². The molecule has 8 heteroatoms. The van der Waals surface area contributed by atoms with E-state index >= 15 is 0 Å². The van der Waals surface area contributed by atoms with Gasteiger partial charge in [0.25, 0.3) is 14.7 Å². The van der Waals surface area contributed by atoms with Crippen LogP contribution in [0.5, 0.6) is 0 Å². The predicted octanol–water partition coefficient (Wildman–Crippen LogP) is 2.59. The molecule has 0 aliphatic carbocycles. The van der Waals surface area contributed by atoms with E-state index in [2.05, 4.69) is 15.9 Å². The molecular weight excluding hydrogens is 310 g/mol. The van der Waals surface area contributed by atoms with Gasteiger partial charge >= 0.3 is 0 Å². The summed E-state index contributed by atoms with van der Waals surface area (Å²) in [6.45, 7) is 1.44. The molecule has 0 aliphatic rings. The lowest BCUT2D eigenvalue weighted by Crippen LogP contribution is -1.98. The summed E-state index contributed by atoms with van der Waals surface area (Å²) in [7, 11) is 1.27. The van der Waals surface area contributed by atoms with Crippen molar-refractivity contribution < 1.29 is 13.3 Å². The monoisotopic (exact) mass is 313 g/mol. The van der Waals surface area contributed by atoms with Gasteiger partial charge in [-0.15, -0.1) is 0 Å². The number of nitro benzene ring substituents is 1. The normalized spacial score (nSPS) is 11.4. The molecule has 0 bridgehead atoms. The highest BCUT2D eigenvalue weighted by atomic mass is 79.9. The van der Waals surface area contributed by atoms with Crippen molar-refractivity contribution in [3.63, 3.8) is 0 Å². The van der Waals surface area contributed by atoms with Gasteiger partial charge in [-0.3, -0.25) is 10.1 Å². The smallest absolute Gasteiger partial charge is 0.258 e. The molecule has 0 atom stereocenters. The molecule has 15 heavy (non-hydrogen) atoms. The van der Waals surface area contributed by atoms with Crippen molar-refractivity contribution in [1.29, 1.82) is 0 Å². The van der Waals surface area contributed by atoms with Gasteiger partial charge in [-0.2, -0.15) is 0 Å². The molecule has 0 unspecified atom stereocenters. The van der Waals surface area contributed by atoms with Crippen LogP contribution in [0.4, 0.5) is 5.69 Å². The summed E-state index contributed by atoms with van der Waals surface area (Å²) in [6, 6.07) is 2.20. The molecule has 0 N–H and O–H groups in total. The van der Waals surface area contributed by atoms with Gasteiger partial charge in [0.05, 0.1) is 14.3 Å². The molecule has 0 aliphatic heterocycles. The molecule has 0 saturated heterocycles. The Kier molecular flexibility index (Phi) is 3.37. The Labute approximate surface area is 98.7 Å². The second-order valence-electron chi connectivity index (χ2n) is 2.72. The number of hydrogen-bond acceptors (Lipinski definition) is 4. The minimum absolute atomic E-state index is 0.120. The first-order chi connectivity index (χ1) is 6.75. The molecule has 1 aromatic carbocycles. The molecule has 0 fully saturated rings. The first-order valence-corrected chi connectivity index (χ1v) is 6.73. The van der Waals surface area contributed by atoms with E-state index in [1.807, 2.05) is 0 Å². The lowest BCUT2D eigenvalue weighted by molar-refractivity contribution is -0.385. The largest absolute Gasteiger partial charge is 0.283 e. The van der Waals surface area contributed by atoms with Gasteiger partial charge in [-0.05, 0) is 34.5 Å². The van der Waals surface area contributed by atoms with E-state index in [0.29, 0.717) is 0 Å². The van der Waals surface area contributed by atoms with Crippen molar-refractivity contribution in [2.75, 3.05) is 0 Å². The zero-order chi connectivity index (χ0) is 11.8. The second-order valence-corrected chi connectivity index (χ2v) is 6.04. The van der Waals surface area contributed by atoms with Crippen LogP contribution < -0.4 is 0 Å². The molecule has 0 spiro atoms. The molecule has 0 amide bonds. The summed E-state index contributed by atoms with van der Waals surface area (Å²) in [5, 5.41) is 10.5. The number of hydrogen-bond donors (Lipinski definition) is 0. The Bertz CT molecular complexity index is 528. The van der Waals surface area contributed by atoms with E-state index in [1.165, 1.54) is 6.92 Å². The molecule has 1 aromatic rings. The third-order valence-electron chi connectivity index (χ3n) is 1.78. The summed E-state index contributed by atoms with van der Waals surface area (Å²) >= 11 is 2.96. The third-order valence-corrected chi connectivity index (χ3v) is 4.24. The summed E-state index contributed by atoms with van der Waals surface area (Å²) < 4.78 is 22.2. The molecular formula is C7H5BrClNO4S. The van der Waals surface area contributed by atoms with Gasteiger partial charge in [0.2, 0.25) is 0 Å². The summed E-state index contributed by atoms with van der Waals surface area (Å²) in [5.41, 5.74) is 0.0239. The van der Waals surface area contributed by atoms with Crippen LogP contribution in [0.1, 0.15) is 5.56 Å². The number of nitro groups is 1. The highest BCUT2D eigenvalue weighted by molar-refractivity contribution is 9.10. The Morgan fingerprint density at radius 1 is 1.47 bits per heavy atom. The SMILES string of the molecule is Cc1c(S(=O)(=O)Cl)ccc([N+](=O)[O-])c1Br. The van der Waals surface area contributed by atoms with Crippen LogP contribution in [-0.4, -0.2) is 13.3 Å². The summed E-state index contributed by atoms with van der Waals surface area (Å²) in [6.07, 6.45) is 0. The van der Waals surface area contributed by atoms with Gasteiger partial charge < -0.3 is 0 Å². The lowest BCUT2D eigenvalue weighted by atomic mass is 10.2. The average Bonchev–Trinajstić information content (AvgIpc) is 2.06. The van der Waals surface area contributed by atoms with Gasteiger partial charge in [0, 0.05) is 16.7 Å². The van der Waals surface area contributed by atoms with E-state index in [1.54, 1.807) is 0 Å². The topological polar surface area (TPSA) is 77.3 Å². The standard InChI is InChI=1S/C7H5BrClNO4S/c1-4-6(15(9,13)14)3-2-5(7(4)8)10(11)12/h2-3H,1H3. The Hall–Kier alpha value is -0.660. The summed E-state index contributed by atoms with van der Waals surface area (Å²) in [4.78, 5) is 9.78. The molecule has 0 aromatic heterocycles. The Morgan fingerprint density at radius 3 is 2.40 bits per heavy atom. The maximum Gasteiger partial charge on any atom is 0.283 e. The van der Waals surface area contributed by atoms with E-state index in [0.717, 1.165) is 12.1 Å². The number of halogens is 2. The van der Waals surface area contributed by atoms with Crippen molar-refractivity contribution in [2.24, 2.45) is 0 Å². The maximum absolute atomic E-state index is 11.1. The van der Waals surface area contributed by atoms with Crippen molar-refractivity contribution in [1.82, 2.24) is 0 Å². The molecule has 5 nitrogen and oxygen atoms in total. The predicted molar refractivity (Wildman–Crippen MR) is 58.6 cm³/mol. The summed E-state index contributed by atoms with van der Waals surface area (Å²) in [5.74, 6) is 0. The van der Waals surface area contributed by atoms with E-state index in [4.69, 9.17) is 10.7 Å². The van der Waals surface area contributed by atoms with Crippen molar-refractivity contribution in [3.05, 3.63) is 32.3 Å².